The van der Waals surface area contributed by atoms with Crippen molar-refractivity contribution < 1.29 is 23.5 Å². The summed E-state index contributed by atoms with van der Waals surface area (Å²) in [5, 5.41) is 5.87. The number of aryl methyl sites for hydroxylation is 4. The molecule has 0 bridgehead atoms. The fourth-order valence-electron chi connectivity index (χ4n) is 5.45. The summed E-state index contributed by atoms with van der Waals surface area (Å²) in [6.45, 7) is 6.37. The first-order valence-corrected chi connectivity index (χ1v) is 12.0. The molecule has 1 heterocycles. The molecule has 5 rings (SSSR count). The Labute approximate surface area is 211 Å². The van der Waals surface area contributed by atoms with E-state index >= 15 is 0 Å². The molecule has 4 aromatic carbocycles. The van der Waals surface area contributed by atoms with E-state index in [4.69, 9.17) is 18.9 Å². The maximum Gasteiger partial charge on any atom is 0.220 e. The van der Waals surface area contributed by atoms with Crippen LogP contribution >= 0.6 is 0 Å². The van der Waals surface area contributed by atoms with Gasteiger partial charge >= 0.3 is 0 Å². The predicted octanol–water partition coefficient (Wildman–Crippen LogP) is 6.60. The summed E-state index contributed by atoms with van der Waals surface area (Å²) in [6, 6.07) is 15.0. The summed E-state index contributed by atoms with van der Waals surface area (Å²) < 4.78 is 25.3. The second-order valence-corrected chi connectivity index (χ2v) is 9.28. The van der Waals surface area contributed by atoms with Crippen molar-refractivity contribution in [1.29, 1.82) is 0 Å². The second-order valence-electron chi connectivity index (χ2n) is 9.28. The topological polar surface area (TPSA) is 40.8 Å². The van der Waals surface area contributed by atoms with Gasteiger partial charge in [0, 0.05) is 21.7 Å². The Balaban J connectivity index is 1.97. The Bertz CT molecular complexity index is 1670. The van der Waals surface area contributed by atoms with E-state index in [1.54, 1.807) is 28.4 Å². The molecule has 1 aromatic heterocycles. The molecular weight excluding hydrogens is 450 g/mol. The molecule has 0 atom stereocenters. The van der Waals surface area contributed by atoms with Gasteiger partial charge in [0.25, 0.3) is 0 Å². The van der Waals surface area contributed by atoms with Crippen LogP contribution in [0, 0.1) is 20.8 Å². The molecule has 5 aromatic rings. The molecule has 0 unspecified atom stereocenters. The fourth-order valence-corrected chi connectivity index (χ4v) is 5.45. The second kappa shape index (κ2) is 8.90. The minimum absolute atomic E-state index is 0.675. The zero-order valence-corrected chi connectivity index (χ0v) is 22.2. The van der Waals surface area contributed by atoms with Crippen LogP contribution in [0.15, 0.2) is 48.7 Å². The first-order valence-electron chi connectivity index (χ1n) is 12.0. The largest absolute Gasteiger partial charge is 0.493 e. The molecule has 184 valence electrons. The van der Waals surface area contributed by atoms with Gasteiger partial charge in [0.1, 0.15) is 7.05 Å². The molecule has 0 saturated heterocycles. The Morgan fingerprint density at radius 1 is 0.583 bits per heavy atom. The van der Waals surface area contributed by atoms with Crippen LogP contribution in [-0.4, -0.2) is 28.4 Å². The monoisotopic (exact) mass is 482 g/mol. The summed E-state index contributed by atoms with van der Waals surface area (Å²) in [5.74, 6) is 2.76. The summed E-state index contributed by atoms with van der Waals surface area (Å²) >= 11 is 0. The summed E-state index contributed by atoms with van der Waals surface area (Å²) in [5.41, 5.74) is 6.65. The number of rotatable bonds is 5. The van der Waals surface area contributed by atoms with Crippen LogP contribution in [0.4, 0.5) is 0 Å². The van der Waals surface area contributed by atoms with Crippen molar-refractivity contribution >= 4 is 32.4 Å². The standard InChI is InChI=1S/C31H32NO4/c1-17-9-10-21-23-12-11-22-24(29(23)32(4)16-25(21)19(17)3)15-27(34-6)31(36-8)28(22)20-13-18(2)30(35-7)26(14-20)33-5/h9-16H,1-8H3/q+1. The molecule has 5 heteroatoms. The van der Waals surface area contributed by atoms with Crippen molar-refractivity contribution in [3.63, 3.8) is 0 Å². The Morgan fingerprint density at radius 2 is 1.22 bits per heavy atom. The smallest absolute Gasteiger partial charge is 0.220 e. The Kier molecular flexibility index (Phi) is 5.87. The van der Waals surface area contributed by atoms with Gasteiger partial charge in [-0.1, -0.05) is 18.2 Å². The average Bonchev–Trinajstić information content (AvgIpc) is 2.88. The minimum Gasteiger partial charge on any atom is -0.493 e. The van der Waals surface area contributed by atoms with Gasteiger partial charge in [-0.05, 0) is 67.3 Å². The van der Waals surface area contributed by atoms with Crippen LogP contribution in [0.5, 0.6) is 23.0 Å². The van der Waals surface area contributed by atoms with E-state index in [0.29, 0.717) is 17.2 Å². The normalized spacial score (nSPS) is 11.3. The third kappa shape index (κ3) is 3.41. The highest BCUT2D eigenvalue weighted by Crippen LogP contribution is 2.48. The SMILES string of the molecule is COc1cc(-c2c(OC)c(OC)cc3c2ccc2c4ccc(C)c(C)c4c[n+](C)c32)cc(C)c1OC. The highest BCUT2D eigenvalue weighted by molar-refractivity contribution is 6.17. The molecule has 36 heavy (non-hydrogen) atoms. The number of pyridine rings is 1. The van der Waals surface area contributed by atoms with Gasteiger partial charge in [-0.2, -0.15) is 4.57 Å². The third-order valence-electron chi connectivity index (χ3n) is 7.34. The highest BCUT2D eigenvalue weighted by Gasteiger charge is 2.24. The van der Waals surface area contributed by atoms with Crippen LogP contribution < -0.4 is 23.5 Å². The lowest BCUT2D eigenvalue weighted by molar-refractivity contribution is -0.642. The van der Waals surface area contributed by atoms with E-state index < -0.39 is 0 Å². The molecule has 5 nitrogen and oxygen atoms in total. The lowest BCUT2D eigenvalue weighted by atomic mass is 9.92. The molecule has 0 saturated carbocycles. The number of benzene rings is 4. The number of nitrogens with zero attached hydrogens (tertiary/aromatic N) is 1. The molecule has 0 fully saturated rings. The van der Waals surface area contributed by atoms with E-state index in [2.05, 4.69) is 68.1 Å². The van der Waals surface area contributed by atoms with Crippen molar-refractivity contribution in [3.8, 4) is 34.1 Å². The molecule has 0 aliphatic rings. The van der Waals surface area contributed by atoms with Crippen molar-refractivity contribution in [2.24, 2.45) is 7.05 Å². The van der Waals surface area contributed by atoms with E-state index in [-0.39, 0.29) is 0 Å². The molecule has 0 radical (unpaired) electrons. The van der Waals surface area contributed by atoms with Crippen molar-refractivity contribution in [2.75, 3.05) is 28.4 Å². The fraction of sp³-hybridized carbons (Fsp3) is 0.258. The van der Waals surface area contributed by atoms with Gasteiger partial charge in [-0.15, -0.1) is 0 Å². The maximum atomic E-state index is 5.94. The number of hydrogen-bond acceptors (Lipinski definition) is 4. The number of ether oxygens (including phenoxy) is 4. The van der Waals surface area contributed by atoms with Gasteiger partial charge in [0.05, 0.1) is 39.2 Å². The van der Waals surface area contributed by atoms with Gasteiger partial charge < -0.3 is 18.9 Å². The quantitative estimate of drug-likeness (QED) is 0.209. The lowest BCUT2D eigenvalue weighted by Crippen LogP contribution is -2.28. The van der Waals surface area contributed by atoms with Crippen LogP contribution in [0.2, 0.25) is 0 Å². The van der Waals surface area contributed by atoms with E-state index in [1.807, 2.05) is 13.0 Å². The average molecular weight is 483 g/mol. The molecule has 0 spiro atoms. The maximum absolute atomic E-state index is 5.94. The summed E-state index contributed by atoms with van der Waals surface area (Å²) in [7, 11) is 8.79. The molecule has 0 amide bonds. The molecular formula is C31H32NO4+. The van der Waals surface area contributed by atoms with Crippen LogP contribution in [0.25, 0.3) is 43.6 Å². The van der Waals surface area contributed by atoms with Crippen LogP contribution in [-0.2, 0) is 7.05 Å². The minimum atomic E-state index is 0.675. The Hall–Kier alpha value is -3.99. The number of methoxy groups -OCH3 is 4. The Morgan fingerprint density at radius 3 is 1.89 bits per heavy atom. The van der Waals surface area contributed by atoms with Crippen LogP contribution in [0.3, 0.4) is 0 Å². The first kappa shape index (κ1) is 23.7. The summed E-state index contributed by atoms with van der Waals surface area (Å²) in [6.07, 6.45) is 2.23. The lowest BCUT2D eigenvalue weighted by Gasteiger charge is -2.19. The molecule has 0 N–H and O–H groups in total. The third-order valence-corrected chi connectivity index (χ3v) is 7.34. The molecule has 0 aliphatic carbocycles. The van der Waals surface area contributed by atoms with E-state index in [0.717, 1.165) is 38.7 Å². The van der Waals surface area contributed by atoms with Crippen LogP contribution in [0.1, 0.15) is 16.7 Å². The molecule has 0 aliphatic heterocycles. The van der Waals surface area contributed by atoms with Gasteiger partial charge in [0.15, 0.2) is 29.2 Å². The summed E-state index contributed by atoms with van der Waals surface area (Å²) in [4.78, 5) is 0. The zero-order valence-electron chi connectivity index (χ0n) is 22.2. The van der Waals surface area contributed by atoms with Gasteiger partial charge in [-0.3, -0.25) is 0 Å². The number of hydrogen-bond donors (Lipinski definition) is 0. The zero-order chi connectivity index (χ0) is 25.7. The van der Waals surface area contributed by atoms with Gasteiger partial charge in [0.2, 0.25) is 5.52 Å². The number of fused-ring (bicyclic) bond motifs is 5. The van der Waals surface area contributed by atoms with Crippen molar-refractivity contribution in [2.45, 2.75) is 20.8 Å². The van der Waals surface area contributed by atoms with E-state index in [1.165, 1.54) is 27.3 Å². The van der Waals surface area contributed by atoms with Crippen molar-refractivity contribution in [3.05, 3.63) is 65.4 Å². The highest BCUT2D eigenvalue weighted by atomic mass is 16.5. The first-order chi connectivity index (χ1) is 17.3. The van der Waals surface area contributed by atoms with E-state index in [9.17, 15) is 0 Å². The van der Waals surface area contributed by atoms with Crippen molar-refractivity contribution in [1.82, 2.24) is 0 Å². The number of aromatic nitrogens is 1. The van der Waals surface area contributed by atoms with Gasteiger partial charge in [-0.25, -0.2) is 0 Å². The predicted molar refractivity (Wildman–Crippen MR) is 146 cm³/mol.